The average Bonchev–Trinajstić information content (AvgIpc) is 2.27. The van der Waals surface area contributed by atoms with E-state index in [1.165, 1.54) is 7.05 Å². The summed E-state index contributed by atoms with van der Waals surface area (Å²) in [5.41, 5.74) is 0.160. The summed E-state index contributed by atoms with van der Waals surface area (Å²) in [5.74, 6) is -0.890. The third-order valence-corrected chi connectivity index (χ3v) is 1.42. The molecule has 0 aliphatic heterocycles. The first-order chi connectivity index (χ1) is 6.54. The van der Waals surface area contributed by atoms with Gasteiger partial charge in [-0.05, 0) is 0 Å². The predicted octanol–water partition coefficient (Wildman–Crippen LogP) is -0.360. The maximum Gasteiger partial charge on any atom is 0.337 e. The zero-order valence-corrected chi connectivity index (χ0v) is 9.07. The van der Waals surface area contributed by atoms with Crippen molar-refractivity contribution >= 4 is 5.97 Å². The zero-order valence-electron chi connectivity index (χ0n) is 9.07. The number of carbonyl (C=O) groups excluding carboxylic acids is 1. The van der Waals surface area contributed by atoms with Crippen LogP contribution in [0.2, 0.25) is 0 Å². The normalized spacial score (nSPS) is 13.0. The summed E-state index contributed by atoms with van der Waals surface area (Å²) < 4.78 is 4.21. The summed E-state index contributed by atoms with van der Waals surface area (Å²) in [4.78, 5) is 10.7. The summed E-state index contributed by atoms with van der Waals surface area (Å²) in [6.07, 6.45) is -2.93. The van der Waals surface area contributed by atoms with Crippen molar-refractivity contribution in [2.75, 3.05) is 14.2 Å². The quantitative estimate of drug-likeness (QED) is 0.546. The van der Waals surface area contributed by atoms with Crippen LogP contribution in [-0.4, -0.2) is 42.5 Å². The number of ether oxygens (including phenoxy) is 1. The van der Waals surface area contributed by atoms with Gasteiger partial charge in [-0.1, -0.05) is 20.4 Å². The summed E-state index contributed by atoms with van der Waals surface area (Å²) in [7, 11) is 2.65. The van der Waals surface area contributed by atoms with Crippen LogP contribution in [0.3, 0.4) is 0 Å². The molecule has 0 bridgehead atoms. The van der Waals surface area contributed by atoms with Crippen molar-refractivity contribution in [2.24, 2.45) is 0 Å². The molecule has 0 spiro atoms. The van der Waals surface area contributed by atoms with Gasteiger partial charge in [0, 0.05) is 12.7 Å². The fraction of sp³-hybridized carbons (Fsp3) is 0.667. The number of hydrogen-bond donors (Lipinski definition) is 3. The van der Waals surface area contributed by atoms with Gasteiger partial charge >= 0.3 is 5.97 Å². The Morgan fingerprint density at radius 3 is 2.07 bits per heavy atom. The van der Waals surface area contributed by atoms with Gasteiger partial charge in [0.05, 0.1) is 7.11 Å². The molecule has 0 saturated heterocycles. The molecule has 0 fully saturated rings. The fourth-order valence-electron chi connectivity index (χ4n) is 0.588. The smallest absolute Gasteiger partial charge is 0.337 e. The van der Waals surface area contributed by atoms with E-state index < -0.39 is 18.2 Å². The van der Waals surface area contributed by atoms with Crippen LogP contribution in [0.15, 0.2) is 12.3 Å². The second-order valence-corrected chi connectivity index (χ2v) is 2.19. The van der Waals surface area contributed by atoms with Crippen molar-refractivity contribution < 1.29 is 19.7 Å². The third kappa shape index (κ3) is 4.84. The summed E-state index contributed by atoms with van der Waals surface area (Å²) in [5, 5.41) is 20.7. The zero-order chi connectivity index (χ0) is 11.7. The largest absolute Gasteiger partial charge is 0.467 e. The maximum absolute atomic E-state index is 10.7. The van der Waals surface area contributed by atoms with Crippen molar-refractivity contribution in [3.8, 4) is 0 Å². The molecular weight excluding hydrogens is 186 g/mol. The van der Waals surface area contributed by atoms with E-state index in [0.717, 1.165) is 7.11 Å². The van der Waals surface area contributed by atoms with Gasteiger partial charge in [-0.25, -0.2) is 4.79 Å². The van der Waals surface area contributed by atoms with Gasteiger partial charge in [0.2, 0.25) is 0 Å². The van der Waals surface area contributed by atoms with Crippen LogP contribution in [0, 0.1) is 0 Å². The highest BCUT2D eigenvalue weighted by Crippen LogP contribution is 2.02. The second-order valence-electron chi connectivity index (χ2n) is 2.19. The van der Waals surface area contributed by atoms with Gasteiger partial charge in [0.25, 0.3) is 0 Å². The number of carbonyl (C=O) groups is 1. The molecule has 0 aliphatic carbocycles. The molecule has 0 aromatic carbocycles. The molecule has 0 heterocycles. The van der Waals surface area contributed by atoms with Crippen LogP contribution < -0.4 is 5.32 Å². The molecule has 0 rings (SSSR count). The highest BCUT2D eigenvalue weighted by molar-refractivity contribution is 5.75. The summed E-state index contributed by atoms with van der Waals surface area (Å²) in [6.45, 7) is 7.38. The lowest BCUT2D eigenvalue weighted by molar-refractivity contribution is -0.155. The third-order valence-electron chi connectivity index (χ3n) is 1.42. The Bertz CT molecular complexity index is 162. The Morgan fingerprint density at radius 1 is 1.36 bits per heavy atom. The Hall–Kier alpha value is -1.07. The molecule has 0 radical (unpaired) electrons. The maximum atomic E-state index is 10.7. The lowest BCUT2D eigenvalue weighted by atomic mass is 10.1. The fourth-order valence-corrected chi connectivity index (χ4v) is 0.588. The van der Waals surface area contributed by atoms with Gasteiger partial charge < -0.3 is 20.3 Å². The second kappa shape index (κ2) is 8.52. The number of nitrogens with one attached hydrogen (secondary N) is 1. The number of esters is 1. The molecular formula is C9H19NO4. The van der Waals surface area contributed by atoms with Gasteiger partial charge in [-0.2, -0.15) is 0 Å². The van der Waals surface area contributed by atoms with Gasteiger partial charge in [0.1, 0.15) is 6.10 Å². The number of aliphatic hydroxyl groups is 2. The van der Waals surface area contributed by atoms with Gasteiger partial charge in [-0.3, -0.25) is 0 Å². The topological polar surface area (TPSA) is 78.8 Å². The SMILES string of the molecule is C=C(NC)[C@H](O)[C@@H](O)C(=O)OC.CC. The number of methoxy groups -OCH3 is 1. The molecule has 0 amide bonds. The minimum Gasteiger partial charge on any atom is -0.467 e. The molecule has 0 saturated carbocycles. The van der Waals surface area contributed by atoms with Crippen molar-refractivity contribution in [2.45, 2.75) is 26.1 Å². The standard InChI is InChI=1S/C7H13NO4.C2H6/c1-4(8-2)5(9)6(10)7(11)12-3;1-2/h5-6,8-10H,1H2,2-3H3;1-2H3/t5-,6+;/m0./s1. The van der Waals surface area contributed by atoms with E-state index in [0.29, 0.717) is 0 Å². The van der Waals surface area contributed by atoms with E-state index in [4.69, 9.17) is 5.11 Å². The number of aliphatic hydroxyl groups excluding tert-OH is 2. The molecule has 2 atom stereocenters. The molecule has 14 heavy (non-hydrogen) atoms. The molecule has 0 aliphatic rings. The first-order valence-electron chi connectivity index (χ1n) is 4.35. The van der Waals surface area contributed by atoms with Crippen molar-refractivity contribution in [3.63, 3.8) is 0 Å². The Kier molecular flexibility index (Phi) is 9.38. The molecule has 5 nitrogen and oxygen atoms in total. The van der Waals surface area contributed by atoms with E-state index in [-0.39, 0.29) is 5.70 Å². The minimum absolute atomic E-state index is 0.160. The Morgan fingerprint density at radius 2 is 1.79 bits per heavy atom. The lowest BCUT2D eigenvalue weighted by Crippen LogP contribution is -2.38. The lowest BCUT2D eigenvalue weighted by Gasteiger charge is -2.17. The highest BCUT2D eigenvalue weighted by atomic mass is 16.5. The Balaban J connectivity index is 0. The van der Waals surface area contributed by atoms with E-state index in [1.54, 1.807) is 0 Å². The number of rotatable bonds is 4. The first kappa shape index (κ1) is 15.4. The van der Waals surface area contributed by atoms with Crippen LogP contribution in [-0.2, 0) is 9.53 Å². The van der Waals surface area contributed by atoms with Crippen LogP contribution in [0.5, 0.6) is 0 Å². The molecule has 84 valence electrons. The Labute approximate surface area is 84.4 Å². The van der Waals surface area contributed by atoms with Crippen LogP contribution in [0.4, 0.5) is 0 Å². The van der Waals surface area contributed by atoms with Crippen LogP contribution >= 0.6 is 0 Å². The first-order valence-corrected chi connectivity index (χ1v) is 4.35. The van der Waals surface area contributed by atoms with Gasteiger partial charge in [0.15, 0.2) is 6.10 Å². The molecule has 0 aromatic rings. The molecule has 3 N–H and O–H groups in total. The van der Waals surface area contributed by atoms with Gasteiger partial charge in [-0.15, -0.1) is 0 Å². The number of hydrogen-bond acceptors (Lipinski definition) is 5. The van der Waals surface area contributed by atoms with Crippen molar-refractivity contribution in [3.05, 3.63) is 12.3 Å². The van der Waals surface area contributed by atoms with Crippen LogP contribution in [0.1, 0.15) is 13.8 Å². The van der Waals surface area contributed by atoms with Crippen molar-refractivity contribution in [1.29, 1.82) is 0 Å². The molecule has 0 aromatic heterocycles. The predicted molar refractivity (Wildman–Crippen MR) is 53.6 cm³/mol. The monoisotopic (exact) mass is 205 g/mol. The molecule has 5 heteroatoms. The molecule has 0 unspecified atom stereocenters. The summed E-state index contributed by atoms with van der Waals surface area (Å²) in [6, 6.07) is 0. The van der Waals surface area contributed by atoms with Crippen molar-refractivity contribution in [1.82, 2.24) is 5.32 Å². The summed E-state index contributed by atoms with van der Waals surface area (Å²) >= 11 is 0. The average molecular weight is 205 g/mol. The minimum atomic E-state index is -1.59. The van der Waals surface area contributed by atoms with Crippen LogP contribution in [0.25, 0.3) is 0 Å². The highest BCUT2D eigenvalue weighted by Gasteiger charge is 2.26. The van der Waals surface area contributed by atoms with E-state index in [1.807, 2.05) is 13.8 Å². The van der Waals surface area contributed by atoms with E-state index in [2.05, 4.69) is 16.6 Å². The van der Waals surface area contributed by atoms with E-state index in [9.17, 15) is 9.90 Å². The van der Waals surface area contributed by atoms with E-state index >= 15 is 0 Å². The number of likely N-dealkylation sites (N-methyl/N-ethyl adjacent to an activating group) is 1.